The highest BCUT2D eigenvalue weighted by atomic mass is 16.3. The lowest BCUT2D eigenvalue weighted by atomic mass is 10.0. The molecular formula is C50H26N4O2. The van der Waals surface area contributed by atoms with E-state index >= 15 is 0 Å². The molecule has 258 valence electrons. The first-order valence-corrected chi connectivity index (χ1v) is 18.4. The van der Waals surface area contributed by atoms with Crippen molar-refractivity contribution in [2.75, 3.05) is 0 Å². The quantitative estimate of drug-likeness (QED) is 0.171. The summed E-state index contributed by atoms with van der Waals surface area (Å²) < 4.78 is 17.6. The van der Waals surface area contributed by atoms with Gasteiger partial charge in [0.05, 0.1) is 45.6 Å². The first-order chi connectivity index (χ1) is 27.7. The van der Waals surface area contributed by atoms with E-state index in [-0.39, 0.29) is 0 Å². The molecule has 0 aliphatic carbocycles. The molecule has 12 aromatic rings. The standard InChI is InChI=1S/C50H26N4O2/c1-52-40-25-20-30(27-44(40)54-42-15-7-3-11-33(42)37-22-24-39-35-13-5-9-17-46(35)56-50(39)48(37)54)29-18-19-31(28-51)43(26-29)53-41-14-6-2-10-32(41)36-21-23-38-34-12-4-8-16-45(34)55-49(38)47(36)53/h2-27H. The summed E-state index contributed by atoms with van der Waals surface area (Å²) in [7, 11) is 0. The number of furan rings is 2. The van der Waals surface area contributed by atoms with Crippen LogP contribution in [0.25, 0.3) is 115 Å². The van der Waals surface area contributed by atoms with E-state index in [4.69, 9.17) is 15.4 Å². The van der Waals surface area contributed by atoms with Crippen LogP contribution in [0.2, 0.25) is 0 Å². The Morgan fingerprint density at radius 3 is 1.48 bits per heavy atom. The van der Waals surface area contributed by atoms with Crippen LogP contribution in [0.1, 0.15) is 5.56 Å². The molecule has 0 N–H and O–H groups in total. The van der Waals surface area contributed by atoms with Gasteiger partial charge in [-0.1, -0.05) is 103 Å². The van der Waals surface area contributed by atoms with E-state index in [1.54, 1.807) is 0 Å². The molecule has 0 saturated heterocycles. The van der Waals surface area contributed by atoms with Crippen molar-refractivity contribution in [3.63, 3.8) is 0 Å². The topological polar surface area (TPSA) is 64.3 Å². The molecule has 0 unspecified atom stereocenters. The van der Waals surface area contributed by atoms with Crippen molar-refractivity contribution >= 4 is 93.2 Å². The summed E-state index contributed by atoms with van der Waals surface area (Å²) in [6.07, 6.45) is 0. The van der Waals surface area contributed by atoms with Crippen LogP contribution >= 0.6 is 0 Å². The van der Waals surface area contributed by atoms with E-state index in [1.165, 1.54) is 0 Å². The number of nitrogens with zero attached hydrogens (tertiary/aromatic N) is 4. The van der Waals surface area contributed by atoms with Crippen molar-refractivity contribution in [3.05, 3.63) is 175 Å². The molecule has 0 radical (unpaired) electrons. The van der Waals surface area contributed by atoms with Crippen molar-refractivity contribution in [3.8, 4) is 28.6 Å². The minimum atomic E-state index is 0.521. The highest BCUT2D eigenvalue weighted by Gasteiger charge is 2.23. The van der Waals surface area contributed by atoms with Crippen LogP contribution in [0.5, 0.6) is 0 Å². The third-order valence-corrected chi connectivity index (χ3v) is 11.4. The molecule has 8 aromatic carbocycles. The summed E-state index contributed by atoms with van der Waals surface area (Å²) in [5.74, 6) is 0. The summed E-state index contributed by atoms with van der Waals surface area (Å²) in [5, 5.41) is 19.0. The van der Waals surface area contributed by atoms with E-state index in [0.717, 1.165) is 110 Å². The van der Waals surface area contributed by atoms with Crippen LogP contribution in [0, 0.1) is 17.9 Å². The molecule has 0 aliphatic rings. The Morgan fingerprint density at radius 2 is 0.929 bits per heavy atom. The normalized spacial score (nSPS) is 11.9. The molecule has 0 bridgehead atoms. The molecule has 56 heavy (non-hydrogen) atoms. The molecule has 6 heteroatoms. The molecule has 12 rings (SSSR count). The summed E-state index contributed by atoms with van der Waals surface area (Å²) >= 11 is 0. The summed E-state index contributed by atoms with van der Waals surface area (Å²) in [6.45, 7) is 8.31. The van der Waals surface area contributed by atoms with Crippen LogP contribution in [0.3, 0.4) is 0 Å². The maximum absolute atomic E-state index is 10.6. The zero-order valence-corrected chi connectivity index (χ0v) is 29.6. The SMILES string of the molecule is [C-]#[N+]c1ccc(-c2ccc(C#N)c(-n3c4ccccc4c4ccc5c6ccccc6oc5c43)c2)cc1-n1c2ccccc2c2ccc3c4ccccc4oc3c21. The number of aromatic nitrogens is 2. The summed E-state index contributed by atoms with van der Waals surface area (Å²) in [4.78, 5) is 4.04. The van der Waals surface area contributed by atoms with Gasteiger partial charge in [-0.3, -0.25) is 0 Å². The third kappa shape index (κ3) is 4.02. The second-order valence-electron chi connectivity index (χ2n) is 14.2. The molecule has 4 heterocycles. The fourth-order valence-corrected chi connectivity index (χ4v) is 8.93. The van der Waals surface area contributed by atoms with Crippen LogP contribution in [-0.4, -0.2) is 9.13 Å². The highest BCUT2D eigenvalue weighted by Crippen LogP contribution is 2.44. The van der Waals surface area contributed by atoms with E-state index in [1.807, 2.05) is 84.9 Å². The molecule has 4 aromatic heterocycles. The van der Waals surface area contributed by atoms with E-state index < -0.39 is 0 Å². The van der Waals surface area contributed by atoms with Gasteiger partial charge in [-0.2, -0.15) is 5.26 Å². The Hall–Kier alpha value is -8.06. The van der Waals surface area contributed by atoms with Gasteiger partial charge in [0.1, 0.15) is 17.2 Å². The van der Waals surface area contributed by atoms with Crippen molar-refractivity contribution < 1.29 is 8.83 Å². The van der Waals surface area contributed by atoms with Gasteiger partial charge in [0.25, 0.3) is 0 Å². The van der Waals surface area contributed by atoms with Gasteiger partial charge in [0.2, 0.25) is 5.69 Å². The van der Waals surface area contributed by atoms with Crippen LogP contribution in [0.15, 0.2) is 167 Å². The number of benzene rings is 8. The van der Waals surface area contributed by atoms with Gasteiger partial charge in [0, 0.05) is 43.1 Å². The largest absolute Gasteiger partial charge is 0.454 e. The molecule has 0 saturated carbocycles. The second-order valence-corrected chi connectivity index (χ2v) is 14.2. The second kappa shape index (κ2) is 11.2. The van der Waals surface area contributed by atoms with Gasteiger partial charge < -0.3 is 18.0 Å². The summed E-state index contributed by atoms with van der Waals surface area (Å²) in [6, 6.07) is 55.9. The minimum Gasteiger partial charge on any atom is -0.454 e. The molecule has 0 atom stereocenters. The van der Waals surface area contributed by atoms with Crippen molar-refractivity contribution in [2.24, 2.45) is 0 Å². The molecule has 0 aliphatic heterocycles. The molecule has 0 fully saturated rings. The first-order valence-electron chi connectivity index (χ1n) is 18.4. The number of rotatable bonds is 3. The zero-order valence-electron chi connectivity index (χ0n) is 29.6. The zero-order chi connectivity index (χ0) is 37.1. The minimum absolute atomic E-state index is 0.521. The number of fused-ring (bicyclic) bond motifs is 14. The Balaban J connectivity index is 1.14. The smallest absolute Gasteiger partial charge is 0.210 e. The average molecular weight is 715 g/mol. The average Bonchev–Trinajstić information content (AvgIpc) is 4.01. The van der Waals surface area contributed by atoms with Crippen molar-refractivity contribution in [1.29, 1.82) is 5.26 Å². The number of hydrogen-bond acceptors (Lipinski definition) is 3. The van der Waals surface area contributed by atoms with Gasteiger partial charge >= 0.3 is 0 Å². The first kappa shape index (κ1) is 30.4. The predicted octanol–water partition coefficient (Wildman–Crippen LogP) is 13.8. The maximum atomic E-state index is 10.6. The van der Waals surface area contributed by atoms with E-state index in [9.17, 15) is 5.26 Å². The maximum Gasteiger partial charge on any atom is 0.210 e. The number of hydrogen-bond donors (Lipinski definition) is 0. The summed E-state index contributed by atoms with van der Waals surface area (Å²) in [5.41, 5.74) is 11.4. The lowest BCUT2D eigenvalue weighted by Gasteiger charge is -2.15. The molecule has 0 amide bonds. The lowest BCUT2D eigenvalue weighted by Crippen LogP contribution is -1.99. The Morgan fingerprint density at radius 1 is 0.464 bits per heavy atom. The third-order valence-electron chi connectivity index (χ3n) is 11.4. The van der Waals surface area contributed by atoms with Crippen LogP contribution < -0.4 is 0 Å². The fraction of sp³-hybridized carbons (Fsp3) is 0. The van der Waals surface area contributed by atoms with Gasteiger partial charge in [-0.05, 0) is 65.7 Å². The number of nitriles is 1. The van der Waals surface area contributed by atoms with Crippen molar-refractivity contribution in [1.82, 2.24) is 9.13 Å². The van der Waals surface area contributed by atoms with E-state index in [0.29, 0.717) is 11.3 Å². The predicted molar refractivity (Wildman–Crippen MR) is 226 cm³/mol. The fourth-order valence-electron chi connectivity index (χ4n) is 8.93. The molecule has 0 spiro atoms. The van der Waals surface area contributed by atoms with Gasteiger partial charge in [-0.15, -0.1) is 0 Å². The highest BCUT2D eigenvalue weighted by molar-refractivity contribution is 6.23. The number of para-hydroxylation sites is 4. The monoisotopic (exact) mass is 714 g/mol. The van der Waals surface area contributed by atoms with Gasteiger partial charge in [0.15, 0.2) is 11.2 Å². The Labute approximate surface area is 318 Å². The molecular weight excluding hydrogens is 689 g/mol. The molecule has 6 nitrogen and oxygen atoms in total. The van der Waals surface area contributed by atoms with Crippen molar-refractivity contribution in [2.45, 2.75) is 0 Å². The Kier molecular flexibility index (Phi) is 6.10. The van der Waals surface area contributed by atoms with E-state index in [2.05, 4.69) is 92.8 Å². The van der Waals surface area contributed by atoms with Crippen LogP contribution in [-0.2, 0) is 0 Å². The lowest BCUT2D eigenvalue weighted by molar-refractivity contribution is 0.670. The van der Waals surface area contributed by atoms with Gasteiger partial charge in [-0.25, -0.2) is 4.85 Å². The Bertz CT molecular complexity index is 3500. The van der Waals surface area contributed by atoms with Crippen LogP contribution in [0.4, 0.5) is 5.69 Å².